The Morgan fingerprint density at radius 1 is 1.18 bits per heavy atom. The predicted molar refractivity (Wildman–Crippen MR) is 122 cm³/mol. The van der Waals surface area contributed by atoms with Crippen LogP contribution in [0.3, 0.4) is 0 Å². The van der Waals surface area contributed by atoms with Crippen LogP contribution in [0.5, 0.6) is 0 Å². The van der Waals surface area contributed by atoms with Crippen molar-refractivity contribution < 1.29 is 32.6 Å². The summed E-state index contributed by atoms with van der Waals surface area (Å²) < 4.78 is 41.3. The number of hydrogen-bond donors (Lipinski definition) is 1. The Balaban J connectivity index is 2.02. The molecule has 1 aliphatic heterocycles. The van der Waals surface area contributed by atoms with Crippen LogP contribution in [0.25, 0.3) is 0 Å². The van der Waals surface area contributed by atoms with Crippen LogP contribution in [0, 0.1) is 0 Å². The summed E-state index contributed by atoms with van der Waals surface area (Å²) in [5, 5.41) is 0. The summed E-state index contributed by atoms with van der Waals surface area (Å²) in [4.78, 5) is 39.0. The number of carbonyl (C=O) groups is 1. The molecule has 2 heterocycles. The summed E-state index contributed by atoms with van der Waals surface area (Å²) in [6.07, 6.45) is 0.192. The molecular formula is C22H27N2O9P. The number of aromatic nitrogens is 2. The Kier molecular flexibility index (Phi) is 8.06. The summed E-state index contributed by atoms with van der Waals surface area (Å²) in [6, 6.07) is 9.58. The van der Waals surface area contributed by atoms with Gasteiger partial charge in [0.15, 0.2) is 6.23 Å². The first-order valence-electron chi connectivity index (χ1n) is 10.3. The molecular weight excluding hydrogens is 467 g/mol. The molecule has 11 nitrogen and oxygen atoms in total. The molecule has 0 spiro atoms. The van der Waals surface area contributed by atoms with E-state index >= 15 is 0 Å². The minimum Gasteiger partial charge on any atom is -0.455 e. The van der Waals surface area contributed by atoms with Gasteiger partial charge in [-0.05, 0) is 25.1 Å². The maximum Gasteiger partial charge on any atom is 0.353 e. The first-order chi connectivity index (χ1) is 16.1. The van der Waals surface area contributed by atoms with Crippen LogP contribution < -0.4 is 11.2 Å². The average molecular weight is 494 g/mol. The Morgan fingerprint density at radius 3 is 2.44 bits per heavy atom. The zero-order valence-electron chi connectivity index (χ0n) is 19.2. The molecule has 1 N–H and O–H groups in total. The highest BCUT2D eigenvalue weighted by atomic mass is 31.2. The maximum absolute atomic E-state index is 12.8. The molecule has 0 bridgehead atoms. The average Bonchev–Trinajstić information content (AvgIpc) is 2.84. The second-order valence-corrected chi connectivity index (χ2v) is 9.81. The van der Waals surface area contributed by atoms with E-state index in [4.69, 9.17) is 23.3 Å². The number of carbonyl (C=O) groups excluding carboxylic acids is 1. The van der Waals surface area contributed by atoms with Gasteiger partial charge in [-0.2, -0.15) is 0 Å². The van der Waals surface area contributed by atoms with Gasteiger partial charge in [0.1, 0.15) is 17.8 Å². The third-order valence-corrected chi connectivity index (χ3v) is 7.09. The van der Waals surface area contributed by atoms with Crippen molar-refractivity contribution in [3.63, 3.8) is 0 Å². The smallest absolute Gasteiger partial charge is 0.353 e. The molecule has 0 amide bonds. The summed E-state index contributed by atoms with van der Waals surface area (Å²) in [6.45, 7) is 1.61. The number of rotatable bonds is 8. The van der Waals surface area contributed by atoms with Gasteiger partial charge < -0.3 is 23.3 Å². The van der Waals surface area contributed by atoms with E-state index in [9.17, 15) is 18.9 Å². The van der Waals surface area contributed by atoms with Gasteiger partial charge in [-0.15, -0.1) is 0 Å². The van der Waals surface area contributed by atoms with Crippen molar-refractivity contribution in [3.05, 3.63) is 80.9 Å². The first-order valence-corrected chi connectivity index (χ1v) is 12.0. The Hall–Kier alpha value is -2.82. The molecule has 1 aromatic heterocycles. The normalized spacial score (nSPS) is 25.4. The fourth-order valence-corrected chi connectivity index (χ4v) is 4.44. The maximum atomic E-state index is 12.8. The Labute approximate surface area is 195 Å². The Bertz CT molecular complexity index is 1180. The molecule has 3 rings (SSSR count). The molecule has 1 fully saturated rings. The van der Waals surface area contributed by atoms with Crippen LogP contribution in [-0.2, 0) is 27.8 Å². The van der Waals surface area contributed by atoms with Crippen molar-refractivity contribution in [1.82, 2.24) is 9.55 Å². The number of hydrogen-bond acceptors (Lipinski definition) is 9. The second-order valence-electron chi connectivity index (χ2n) is 7.70. The molecule has 1 saturated heterocycles. The molecule has 184 valence electrons. The molecule has 0 saturated carbocycles. The van der Waals surface area contributed by atoms with Crippen molar-refractivity contribution in [1.29, 1.82) is 0 Å². The summed E-state index contributed by atoms with van der Waals surface area (Å²) in [5.74, 6) is 0.612. The van der Waals surface area contributed by atoms with Crippen molar-refractivity contribution >= 4 is 13.6 Å². The largest absolute Gasteiger partial charge is 0.455 e. The van der Waals surface area contributed by atoms with Crippen molar-refractivity contribution in [2.75, 3.05) is 21.3 Å². The van der Waals surface area contributed by atoms with E-state index < -0.39 is 48.9 Å². The van der Waals surface area contributed by atoms with Gasteiger partial charge in [-0.1, -0.05) is 18.2 Å². The van der Waals surface area contributed by atoms with Crippen LogP contribution in [0.4, 0.5) is 0 Å². The quantitative estimate of drug-likeness (QED) is 0.434. The third-order valence-electron chi connectivity index (χ3n) is 5.56. The van der Waals surface area contributed by atoms with Crippen molar-refractivity contribution in [2.24, 2.45) is 0 Å². The standard InChI is InChI=1S/C22H27N2O9P/c1-22(11-13-34(28,30-3)31-4)17(32-20(26)15-8-6-5-7-9-15)14-16(29-2)19(33-22)24-12-10-18(25)23-21(24)27/h5-13,16-17,19H,14H2,1-4H3,(H,23,25,27)/b13-11+/t16-,17+,19-,22-/m1/s1. The minimum absolute atomic E-state index is 0.121. The van der Waals surface area contributed by atoms with E-state index in [0.29, 0.717) is 5.56 Å². The molecule has 0 aliphatic carbocycles. The van der Waals surface area contributed by atoms with Crippen LogP contribution in [-0.4, -0.2) is 54.7 Å². The number of benzene rings is 1. The molecule has 1 aromatic carbocycles. The zero-order chi connectivity index (χ0) is 24.9. The van der Waals surface area contributed by atoms with Crippen LogP contribution >= 0.6 is 7.60 Å². The second kappa shape index (κ2) is 10.6. The van der Waals surface area contributed by atoms with Gasteiger partial charge >= 0.3 is 19.3 Å². The molecule has 12 heteroatoms. The zero-order valence-corrected chi connectivity index (χ0v) is 20.1. The van der Waals surface area contributed by atoms with Gasteiger partial charge in [0.2, 0.25) is 0 Å². The summed E-state index contributed by atoms with van der Waals surface area (Å²) in [5.41, 5.74) is -2.32. The third kappa shape index (κ3) is 5.63. The van der Waals surface area contributed by atoms with Gasteiger partial charge in [0.05, 0.1) is 5.56 Å². The molecule has 34 heavy (non-hydrogen) atoms. The number of esters is 1. The SMILES string of the molecule is CO[C@@H]1C[C@H](OC(=O)c2ccccc2)[C@@](C)(/C=C/P(=O)(OC)OC)O[C@H]1n1ccc(=O)[nH]c1=O. The topological polar surface area (TPSA) is 135 Å². The van der Waals surface area contributed by atoms with E-state index in [2.05, 4.69) is 4.98 Å². The fraction of sp³-hybridized carbons (Fsp3) is 0.409. The highest BCUT2D eigenvalue weighted by Gasteiger charge is 2.48. The number of ether oxygens (including phenoxy) is 3. The lowest BCUT2D eigenvalue weighted by Crippen LogP contribution is -2.55. The number of nitrogens with zero attached hydrogens (tertiary/aromatic N) is 1. The number of methoxy groups -OCH3 is 1. The van der Waals surface area contributed by atoms with E-state index in [1.165, 1.54) is 50.1 Å². The number of nitrogens with one attached hydrogen (secondary N) is 1. The monoisotopic (exact) mass is 494 g/mol. The van der Waals surface area contributed by atoms with Gasteiger partial charge in [-0.25, -0.2) is 9.59 Å². The molecule has 0 radical (unpaired) electrons. The van der Waals surface area contributed by atoms with Crippen LogP contribution in [0.15, 0.2) is 64.1 Å². The minimum atomic E-state index is -3.59. The highest BCUT2D eigenvalue weighted by Crippen LogP contribution is 2.49. The lowest BCUT2D eigenvalue weighted by atomic mass is 9.89. The molecule has 2 aromatic rings. The highest BCUT2D eigenvalue weighted by molar-refractivity contribution is 7.57. The van der Waals surface area contributed by atoms with E-state index in [1.807, 2.05) is 0 Å². The van der Waals surface area contributed by atoms with Crippen molar-refractivity contribution in [3.8, 4) is 0 Å². The molecule has 4 atom stereocenters. The predicted octanol–water partition coefficient (Wildman–Crippen LogP) is 2.45. The molecule has 1 aliphatic rings. The van der Waals surface area contributed by atoms with Crippen LogP contribution in [0.1, 0.15) is 29.9 Å². The number of aromatic amines is 1. The lowest BCUT2D eigenvalue weighted by molar-refractivity contribution is -0.231. The van der Waals surface area contributed by atoms with Gasteiger partial charge in [-0.3, -0.25) is 18.9 Å². The molecule has 0 unspecified atom stereocenters. The van der Waals surface area contributed by atoms with Crippen LogP contribution in [0.2, 0.25) is 0 Å². The fourth-order valence-electron chi connectivity index (χ4n) is 3.57. The lowest BCUT2D eigenvalue weighted by Gasteiger charge is -2.45. The van der Waals surface area contributed by atoms with Gasteiger partial charge in [0, 0.05) is 45.8 Å². The van der Waals surface area contributed by atoms with Gasteiger partial charge in [0.25, 0.3) is 5.56 Å². The van der Waals surface area contributed by atoms with Crippen molar-refractivity contribution in [2.45, 2.75) is 37.4 Å². The van der Waals surface area contributed by atoms with E-state index in [-0.39, 0.29) is 6.42 Å². The summed E-state index contributed by atoms with van der Waals surface area (Å²) >= 11 is 0. The first kappa shape index (κ1) is 25.8. The Morgan fingerprint density at radius 2 is 1.85 bits per heavy atom. The van der Waals surface area contributed by atoms with E-state index in [1.54, 1.807) is 37.3 Å². The number of H-pyrrole nitrogens is 1. The van der Waals surface area contributed by atoms with E-state index in [0.717, 1.165) is 0 Å². The summed E-state index contributed by atoms with van der Waals surface area (Å²) in [7, 11) is 0.302.